The highest BCUT2D eigenvalue weighted by atomic mass is 32.1. The molecule has 74 valence electrons. The summed E-state index contributed by atoms with van der Waals surface area (Å²) in [6, 6.07) is 4.30. The van der Waals surface area contributed by atoms with E-state index in [4.69, 9.17) is 0 Å². The number of rotatable bonds is 2. The summed E-state index contributed by atoms with van der Waals surface area (Å²) < 4.78 is 2.65. The number of aliphatic hydroxyl groups is 1. The molecule has 1 fully saturated rings. The zero-order valence-corrected chi connectivity index (χ0v) is 9.40. The molecule has 1 aliphatic carbocycles. The van der Waals surface area contributed by atoms with E-state index in [0.29, 0.717) is 5.92 Å². The first-order valence-corrected chi connectivity index (χ1v) is 6.69. The molecule has 2 heterocycles. The quantitative estimate of drug-likeness (QED) is 0.822. The van der Waals surface area contributed by atoms with Gasteiger partial charge in [0.2, 0.25) is 0 Å². The molecule has 3 heteroatoms. The molecule has 1 nitrogen and oxygen atoms in total. The molecular weight excluding hydrogens is 212 g/mol. The van der Waals surface area contributed by atoms with Gasteiger partial charge in [-0.25, -0.2) is 0 Å². The molecule has 14 heavy (non-hydrogen) atoms. The Kier molecular flexibility index (Phi) is 2.11. The summed E-state index contributed by atoms with van der Waals surface area (Å²) >= 11 is 3.51. The number of thiophene rings is 2. The summed E-state index contributed by atoms with van der Waals surface area (Å²) in [5.74, 6) is 0.530. The lowest BCUT2D eigenvalue weighted by atomic mass is 9.81. The lowest BCUT2D eigenvalue weighted by Gasteiger charge is -2.29. The third-order valence-corrected chi connectivity index (χ3v) is 5.21. The van der Waals surface area contributed by atoms with Crippen LogP contribution in [-0.4, -0.2) is 5.11 Å². The summed E-state index contributed by atoms with van der Waals surface area (Å²) in [6.07, 6.45) is 3.49. The van der Waals surface area contributed by atoms with Crippen molar-refractivity contribution in [2.24, 2.45) is 5.92 Å². The van der Waals surface area contributed by atoms with Crippen LogP contribution in [0.25, 0.3) is 9.40 Å². The summed E-state index contributed by atoms with van der Waals surface area (Å²) in [6.45, 7) is 0. The molecule has 1 atom stereocenters. The largest absolute Gasteiger partial charge is 0.387 e. The summed E-state index contributed by atoms with van der Waals surface area (Å²) in [5.41, 5.74) is 0. The van der Waals surface area contributed by atoms with Crippen LogP contribution in [0.15, 0.2) is 17.5 Å². The molecule has 0 aliphatic heterocycles. The summed E-state index contributed by atoms with van der Waals surface area (Å²) in [5, 5.41) is 12.2. The molecule has 0 amide bonds. The van der Waals surface area contributed by atoms with E-state index in [9.17, 15) is 5.11 Å². The molecule has 2 aromatic heterocycles. The molecule has 0 spiro atoms. The van der Waals surface area contributed by atoms with Gasteiger partial charge in [0, 0.05) is 14.3 Å². The van der Waals surface area contributed by atoms with Gasteiger partial charge in [0.25, 0.3) is 0 Å². The standard InChI is InChI=1S/C11H12OS2/c12-11(7-2-1-3-7)10-6-9-8(14-10)4-5-13-9/h4-7,11-12H,1-3H2. The Balaban J connectivity index is 1.92. The van der Waals surface area contributed by atoms with Crippen molar-refractivity contribution in [3.63, 3.8) is 0 Å². The Morgan fingerprint density at radius 1 is 1.36 bits per heavy atom. The Bertz CT molecular complexity index is 410. The van der Waals surface area contributed by atoms with Gasteiger partial charge in [-0.05, 0) is 36.3 Å². The van der Waals surface area contributed by atoms with Gasteiger partial charge in [0.1, 0.15) is 0 Å². The van der Waals surface area contributed by atoms with Gasteiger partial charge in [-0.3, -0.25) is 0 Å². The molecule has 1 unspecified atom stereocenters. The third kappa shape index (κ3) is 1.31. The first-order valence-electron chi connectivity index (χ1n) is 4.99. The molecular formula is C11H12OS2. The number of hydrogen-bond donors (Lipinski definition) is 1. The van der Waals surface area contributed by atoms with Crippen molar-refractivity contribution in [2.45, 2.75) is 25.4 Å². The maximum absolute atomic E-state index is 10.1. The highest BCUT2D eigenvalue weighted by Gasteiger charge is 2.27. The van der Waals surface area contributed by atoms with E-state index in [0.717, 1.165) is 4.88 Å². The normalized spacial score (nSPS) is 19.8. The highest BCUT2D eigenvalue weighted by Crippen LogP contribution is 2.42. The molecule has 0 aromatic carbocycles. The van der Waals surface area contributed by atoms with Gasteiger partial charge in [-0.15, -0.1) is 22.7 Å². The lowest BCUT2D eigenvalue weighted by Crippen LogP contribution is -2.19. The Morgan fingerprint density at radius 2 is 2.21 bits per heavy atom. The molecule has 1 aliphatic rings. The minimum atomic E-state index is -0.201. The van der Waals surface area contributed by atoms with Crippen molar-refractivity contribution in [1.82, 2.24) is 0 Å². The van der Waals surface area contributed by atoms with Crippen molar-refractivity contribution in [1.29, 1.82) is 0 Å². The molecule has 1 saturated carbocycles. The van der Waals surface area contributed by atoms with E-state index in [1.54, 1.807) is 22.7 Å². The minimum absolute atomic E-state index is 0.201. The van der Waals surface area contributed by atoms with E-state index in [-0.39, 0.29) is 6.10 Å². The average molecular weight is 224 g/mol. The number of aliphatic hydroxyl groups excluding tert-OH is 1. The van der Waals surface area contributed by atoms with E-state index in [1.165, 1.54) is 28.7 Å². The van der Waals surface area contributed by atoms with Gasteiger partial charge in [-0.1, -0.05) is 6.42 Å². The van der Waals surface area contributed by atoms with Crippen LogP contribution < -0.4 is 0 Å². The maximum atomic E-state index is 10.1. The first kappa shape index (κ1) is 8.89. The van der Waals surface area contributed by atoms with E-state index < -0.39 is 0 Å². The van der Waals surface area contributed by atoms with Crippen LogP contribution in [0.4, 0.5) is 0 Å². The Labute approximate surface area is 91.0 Å². The van der Waals surface area contributed by atoms with E-state index in [1.807, 2.05) is 0 Å². The van der Waals surface area contributed by atoms with Crippen molar-refractivity contribution in [3.8, 4) is 0 Å². The lowest BCUT2D eigenvalue weighted by molar-refractivity contribution is 0.0650. The van der Waals surface area contributed by atoms with Gasteiger partial charge in [-0.2, -0.15) is 0 Å². The molecule has 0 bridgehead atoms. The fourth-order valence-electron chi connectivity index (χ4n) is 1.92. The van der Waals surface area contributed by atoms with Gasteiger partial charge in [0.05, 0.1) is 6.10 Å². The number of hydrogen-bond acceptors (Lipinski definition) is 3. The van der Waals surface area contributed by atoms with Crippen LogP contribution in [-0.2, 0) is 0 Å². The van der Waals surface area contributed by atoms with Gasteiger partial charge in [0.15, 0.2) is 0 Å². The van der Waals surface area contributed by atoms with Crippen LogP contribution in [0.3, 0.4) is 0 Å². The number of fused-ring (bicyclic) bond motifs is 1. The van der Waals surface area contributed by atoms with E-state index in [2.05, 4.69) is 17.5 Å². The van der Waals surface area contributed by atoms with Gasteiger partial charge < -0.3 is 5.11 Å². The van der Waals surface area contributed by atoms with E-state index >= 15 is 0 Å². The smallest absolute Gasteiger partial charge is 0.0910 e. The first-order chi connectivity index (χ1) is 6.84. The molecule has 1 N–H and O–H groups in total. The maximum Gasteiger partial charge on any atom is 0.0910 e. The second-order valence-electron chi connectivity index (χ2n) is 3.93. The zero-order chi connectivity index (χ0) is 9.54. The molecule has 0 saturated heterocycles. The predicted molar refractivity (Wildman–Crippen MR) is 62.0 cm³/mol. The van der Waals surface area contributed by atoms with Crippen LogP contribution in [0, 0.1) is 5.92 Å². The summed E-state index contributed by atoms with van der Waals surface area (Å²) in [7, 11) is 0. The van der Waals surface area contributed by atoms with Crippen LogP contribution in [0.1, 0.15) is 30.2 Å². The topological polar surface area (TPSA) is 20.2 Å². The second-order valence-corrected chi connectivity index (χ2v) is 6.00. The highest BCUT2D eigenvalue weighted by molar-refractivity contribution is 7.26. The Morgan fingerprint density at radius 3 is 2.86 bits per heavy atom. The monoisotopic (exact) mass is 224 g/mol. The minimum Gasteiger partial charge on any atom is -0.387 e. The third-order valence-electron chi connectivity index (χ3n) is 3.05. The van der Waals surface area contributed by atoms with Crippen LogP contribution in [0.2, 0.25) is 0 Å². The van der Waals surface area contributed by atoms with Crippen LogP contribution in [0.5, 0.6) is 0 Å². The van der Waals surface area contributed by atoms with Crippen molar-refractivity contribution < 1.29 is 5.11 Å². The van der Waals surface area contributed by atoms with Crippen molar-refractivity contribution in [3.05, 3.63) is 22.4 Å². The molecule has 3 rings (SSSR count). The summed E-state index contributed by atoms with van der Waals surface area (Å²) in [4.78, 5) is 1.16. The van der Waals surface area contributed by atoms with Crippen LogP contribution >= 0.6 is 22.7 Å². The van der Waals surface area contributed by atoms with Gasteiger partial charge >= 0.3 is 0 Å². The molecule has 0 radical (unpaired) electrons. The van der Waals surface area contributed by atoms with Crippen molar-refractivity contribution in [2.75, 3.05) is 0 Å². The fraction of sp³-hybridized carbons (Fsp3) is 0.455. The predicted octanol–water partition coefficient (Wildman–Crippen LogP) is 3.80. The Hall–Kier alpha value is -0.380. The SMILES string of the molecule is OC(c1cc2sccc2s1)C1CCC1. The van der Waals surface area contributed by atoms with Crippen molar-refractivity contribution >= 4 is 32.1 Å². The second kappa shape index (κ2) is 3.33. The fourth-order valence-corrected chi connectivity index (χ4v) is 4.12. The zero-order valence-electron chi connectivity index (χ0n) is 7.77. The average Bonchev–Trinajstić information content (AvgIpc) is 2.56. The molecule has 2 aromatic rings.